The van der Waals surface area contributed by atoms with Crippen molar-refractivity contribution in [2.75, 3.05) is 18.4 Å². The van der Waals surface area contributed by atoms with Crippen molar-refractivity contribution >= 4 is 17.5 Å². The lowest BCUT2D eigenvalue weighted by Gasteiger charge is -2.09. The fourth-order valence-corrected chi connectivity index (χ4v) is 1.84. The van der Waals surface area contributed by atoms with Gasteiger partial charge in [-0.25, -0.2) is 0 Å². The first-order valence-electron chi connectivity index (χ1n) is 5.58. The van der Waals surface area contributed by atoms with Crippen LogP contribution in [0, 0.1) is 5.92 Å². The van der Waals surface area contributed by atoms with Crippen molar-refractivity contribution < 1.29 is 9.59 Å². The van der Waals surface area contributed by atoms with Crippen molar-refractivity contribution in [3.05, 3.63) is 29.8 Å². The normalized spacial score (nSPS) is 18.9. The molecule has 5 heteroatoms. The van der Waals surface area contributed by atoms with Gasteiger partial charge in [0.15, 0.2) is 0 Å². The number of benzene rings is 1. The van der Waals surface area contributed by atoms with Crippen molar-refractivity contribution in [3.8, 4) is 0 Å². The number of hydrogen-bond donors (Lipinski definition) is 3. The molecule has 0 bridgehead atoms. The molecule has 2 rings (SSSR count). The summed E-state index contributed by atoms with van der Waals surface area (Å²) in [5, 5.41) is 5.96. The minimum absolute atomic E-state index is 0.0156. The van der Waals surface area contributed by atoms with Crippen LogP contribution in [-0.4, -0.2) is 24.9 Å². The van der Waals surface area contributed by atoms with Crippen LogP contribution in [0.2, 0.25) is 0 Å². The number of nitrogens with one attached hydrogen (secondary N) is 2. The fraction of sp³-hybridized carbons (Fsp3) is 0.333. The van der Waals surface area contributed by atoms with Gasteiger partial charge in [-0.2, -0.15) is 0 Å². The molecule has 0 aliphatic carbocycles. The van der Waals surface area contributed by atoms with E-state index in [1.54, 1.807) is 24.3 Å². The number of primary amides is 1. The summed E-state index contributed by atoms with van der Waals surface area (Å²) in [7, 11) is 0. The Hall–Kier alpha value is -1.88. The van der Waals surface area contributed by atoms with E-state index in [9.17, 15) is 9.59 Å². The highest BCUT2D eigenvalue weighted by molar-refractivity contribution is 5.95. The molecule has 17 heavy (non-hydrogen) atoms. The van der Waals surface area contributed by atoms with Crippen molar-refractivity contribution in [3.63, 3.8) is 0 Å². The van der Waals surface area contributed by atoms with Gasteiger partial charge in [-0.05, 0) is 37.2 Å². The average Bonchev–Trinajstić information content (AvgIpc) is 2.83. The first kappa shape index (κ1) is 11.6. The second-order valence-corrected chi connectivity index (χ2v) is 4.12. The van der Waals surface area contributed by atoms with Crippen molar-refractivity contribution in [2.45, 2.75) is 6.42 Å². The molecule has 2 amide bonds. The topological polar surface area (TPSA) is 84.2 Å². The number of rotatable bonds is 3. The minimum Gasteiger partial charge on any atom is -0.366 e. The number of carbonyl (C=O) groups is 2. The van der Waals surface area contributed by atoms with Gasteiger partial charge in [0.25, 0.3) is 0 Å². The molecule has 1 aliphatic rings. The summed E-state index contributed by atoms with van der Waals surface area (Å²) in [6.45, 7) is 1.61. The quantitative estimate of drug-likeness (QED) is 0.703. The van der Waals surface area contributed by atoms with Crippen LogP contribution in [-0.2, 0) is 4.79 Å². The van der Waals surface area contributed by atoms with E-state index < -0.39 is 5.91 Å². The SMILES string of the molecule is NC(=O)c1ccc(NC(=O)C2CCNC2)cc1. The van der Waals surface area contributed by atoms with Gasteiger partial charge in [0, 0.05) is 17.8 Å². The van der Waals surface area contributed by atoms with Gasteiger partial charge in [0.05, 0.1) is 5.92 Å². The maximum Gasteiger partial charge on any atom is 0.248 e. The van der Waals surface area contributed by atoms with Crippen LogP contribution in [0.25, 0.3) is 0 Å². The molecule has 1 unspecified atom stereocenters. The monoisotopic (exact) mass is 233 g/mol. The smallest absolute Gasteiger partial charge is 0.248 e. The highest BCUT2D eigenvalue weighted by atomic mass is 16.2. The van der Waals surface area contributed by atoms with Crippen molar-refractivity contribution in [1.82, 2.24) is 5.32 Å². The molecule has 0 saturated carbocycles. The summed E-state index contributed by atoms with van der Waals surface area (Å²) in [6, 6.07) is 6.57. The molecule has 1 atom stereocenters. The molecule has 4 N–H and O–H groups in total. The molecular weight excluding hydrogens is 218 g/mol. The van der Waals surface area contributed by atoms with E-state index in [1.807, 2.05) is 0 Å². The lowest BCUT2D eigenvalue weighted by Crippen LogP contribution is -2.24. The van der Waals surface area contributed by atoms with Crippen LogP contribution < -0.4 is 16.4 Å². The van der Waals surface area contributed by atoms with Gasteiger partial charge >= 0.3 is 0 Å². The van der Waals surface area contributed by atoms with Gasteiger partial charge in [-0.1, -0.05) is 0 Å². The second kappa shape index (κ2) is 4.97. The van der Waals surface area contributed by atoms with Gasteiger partial charge < -0.3 is 16.4 Å². The molecular formula is C12H15N3O2. The fourth-order valence-electron chi connectivity index (χ4n) is 1.84. The van der Waals surface area contributed by atoms with E-state index >= 15 is 0 Å². The summed E-state index contributed by atoms with van der Waals surface area (Å²) < 4.78 is 0. The molecule has 1 aliphatic heterocycles. The summed E-state index contributed by atoms with van der Waals surface area (Å²) >= 11 is 0. The molecule has 5 nitrogen and oxygen atoms in total. The van der Waals surface area contributed by atoms with E-state index in [1.165, 1.54) is 0 Å². The second-order valence-electron chi connectivity index (χ2n) is 4.12. The average molecular weight is 233 g/mol. The predicted molar refractivity (Wildman–Crippen MR) is 64.6 cm³/mol. The molecule has 1 saturated heterocycles. The van der Waals surface area contributed by atoms with E-state index in [0.29, 0.717) is 11.3 Å². The number of anilines is 1. The number of amides is 2. The Balaban J connectivity index is 1.98. The zero-order valence-corrected chi connectivity index (χ0v) is 9.40. The van der Waals surface area contributed by atoms with Crippen LogP contribution in [0.3, 0.4) is 0 Å². The van der Waals surface area contributed by atoms with Gasteiger partial charge in [0.1, 0.15) is 0 Å². The summed E-state index contributed by atoms with van der Waals surface area (Å²) in [5.41, 5.74) is 6.25. The van der Waals surface area contributed by atoms with Gasteiger partial charge in [-0.3, -0.25) is 9.59 Å². The largest absolute Gasteiger partial charge is 0.366 e. The first-order chi connectivity index (χ1) is 8.16. The van der Waals surface area contributed by atoms with Gasteiger partial charge in [-0.15, -0.1) is 0 Å². The Morgan fingerprint density at radius 3 is 2.53 bits per heavy atom. The highest BCUT2D eigenvalue weighted by Gasteiger charge is 2.22. The third-order valence-corrected chi connectivity index (χ3v) is 2.87. The Morgan fingerprint density at radius 1 is 1.29 bits per heavy atom. The molecule has 1 aromatic carbocycles. The standard InChI is InChI=1S/C12H15N3O2/c13-11(16)8-1-3-10(4-2-8)15-12(17)9-5-6-14-7-9/h1-4,9,14H,5-7H2,(H2,13,16)(H,15,17). The minimum atomic E-state index is -0.470. The number of carbonyl (C=O) groups excluding carboxylic acids is 2. The van der Waals surface area contributed by atoms with Crippen LogP contribution in [0.1, 0.15) is 16.8 Å². The van der Waals surface area contributed by atoms with Gasteiger partial charge in [0.2, 0.25) is 11.8 Å². The lowest BCUT2D eigenvalue weighted by molar-refractivity contribution is -0.119. The molecule has 1 fully saturated rings. The number of hydrogen-bond acceptors (Lipinski definition) is 3. The zero-order valence-electron chi connectivity index (χ0n) is 9.40. The molecule has 0 radical (unpaired) electrons. The zero-order chi connectivity index (χ0) is 12.3. The molecule has 0 aromatic heterocycles. The Labute approximate surface area is 99.4 Å². The van der Waals surface area contributed by atoms with E-state index in [-0.39, 0.29) is 11.8 Å². The molecule has 1 heterocycles. The Bertz CT molecular complexity index is 422. The van der Waals surface area contributed by atoms with Crippen LogP contribution in [0.5, 0.6) is 0 Å². The van der Waals surface area contributed by atoms with E-state index in [2.05, 4.69) is 10.6 Å². The molecule has 90 valence electrons. The number of nitrogens with two attached hydrogens (primary N) is 1. The van der Waals surface area contributed by atoms with Crippen LogP contribution >= 0.6 is 0 Å². The third-order valence-electron chi connectivity index (χ3n) is 2.87. The maximum atomic E-state index is 11.8. The molecule has 0 spiro atoms. The lowest BCUT2D eigenvalue weighted by atomic mass is 10.1. The molecule has 1 aromatic rings. The predicted octanol–water partition coefficient (Wildman–Crippen LogP) is 0.333. The Morgan fingerprint density at radius 2 is 2.00 bits per heavy atom. The highest BCUT2D eigenvalue weighted by Crippen LogP contribution is 2.13. The first-order valence-corrected chi connectivity index (χ1v) is 5.58. The summed E-state index contributed by atoms with van der Waals surface area (Å²) in [4.78, 5) is 22.7. The van der Waals surface area contributed by atoms with E-state index in [4.69, 9.17) is 5.73 Å². The van der Waals surface area contributed by atoms with Crippen molar-refractivity contribution in [1.29, 1.82) is 0 Å². The Kier molecular flexibility index (Phi) is 3.39. The van der Waals surface area contributed by atoms with Crippen molar-refractivity contribution in [2.24, 2.45) is 11.7 Å². The summed E-state index contributed by atoms with van der Waals surface area (Å²) in [6.07, 6.45) is 0.866. The van der Waals surface area contributed by atoms with Crippen LogP contribution in [0.15, 0.2) is 24.3 Å². The summed E-state index contributed by atoms with van der Waals surface area (Å²) in [5.74, 6) is -0.421. The van der Waals surface area contributed by atoms with E-state index in [0.717, 1.165) is 19.5 Å². The third kappa shape index (κ3) is 2.82. The van der Waals surface area contributed by atoms with Crippen LogP contribution in [0.4, 0.5) is 5.69 Å². The maximum absolute atomic E-state index is 11.8.